The minimum atomic E-state index is 0.680. The van der Waals surface area contributed by atoms with Crippen LogP contribution < -0.4 is 15.2 Å². The van der Waals surface area contributed by atoms with Gasteiger partial charge in [-0.25, -0.2) is 0 Å². The highest BCUT2D eigenvalue weighted by Gasteiger charge is 2.10. The lowest BCUT2D eigenvalue weighted by molar-refractivity contribution is 0.180. The Morgan fingerprint density at radius 3 is 2.45 bits per heavy atom. The van der Waals surface area contributed by atoms with Gasteiger partial charge in [-0.2, -0.15) is 0 Å². The van der Waals surface area contributed by atoms with Crippen LogP contribution in [0.1, 0.15) is 33.1 Å². The topological polar surface area (TPSA) is 47.7 Å². The third kappa shape index (κ3) is 5.29. The van der Waals surface area contributed by atoms with Crippen LogP contribution in [0.5, 0.6) is 11.5 Å². The molecule has 2 rings (SSSR count). The summed E-state index contributed by atoms with van der Waals surface area (Å²) >= 11 is 0. The molecule has 1 aromatic carbocycles. The lowest BCUT2D eigenvalue weighted by atomic mass is 10.1. The summed E-state index contributed by atoms with van der Waals surface area (Å²) in [5.74, 6) is 1.47. The highest BCUT2D eigenvalue weighted by Crippen LogP contribution is 2.28. The second-order valence-electron chi connectivity index (χ2n) is 4.66. The van der Waals surface area contributed by atoms with Crippen LogP contribution in [0.15, 0.2) is 18.2 Å². The lowest BCUT2D eigenvalue weighted by Crippen LogP contribution is -2.33. The summed E-state index contributed by atoms with van der Waals surface area (Å²) in [6, 6.07) is 5.47. The predicted molar refractivity (Wildman–Crippen MR) is 84.5 cm³/mol. The Labute approximate surface area is 122 Å². The largest absolute Gasteiger partial charge is 0.493 e. The number of hydrogen-bond donors (Lipinski definition) is 1. The number of likely N-dealkylation sites (tertiary alicyclic amines) is 1. The fourth-order valence-electron chi connectivity index (χ4n) is 2.27. The van der Waals surface area contributed by atoms with E-state index in [9.17, 15) is 0 Å². The summed E-state index contributed by atoms with van der Waals surface area (Å²) in [6.45, 7) is 8.03. The Bertz CT molecular complexity index is 377. The van der Waals surface area contributed by atoms with Gasteiger partial charge >= 0.3 is 0 Å². The Kier molecular flexibility index (Phi) is 7.88. The van der Waals surface area contributed by atoms with Gasteiger partial charge in [0.05, 0.1) is 7.11 Å². The maximum absolute atomic E-state index is 5.76. The molecule has 1 heterocycles. The van der Waals surface area contributed by atoms with E-state index in [0.29, 0.717) is 12.3 Å². The molecule has 1 fully saturated rings. The minimum absolute atomic E-state index is 0.680. The van der Waals surface area contributed by atoms with E-state index in [1.807, 2.05) is 32.0 Å². The molecule has 1 saturated heterocycles. The molecule has 0 radical (unpaired) electrons. The molecule has 0 amide bonds. The molecule has 20 heavy (non-hydrogen) atoms. The first-order chi connectivity index (χ1) is 9.79. The number of anilines is 1. The molecule has 4 nitrogen and oxygen atoms in total. The maximum Gasteiger partial charge on any atom is 0.163 e. The van der Waals surface area contributed by atoms with Gasteiger partial charge in [0.25, 0.3) is 0 Å². The molecule has 0 atom stereocenters. The van der Waals surface area contributed by atoms with Crippen LogP contribution in [0.25, 0.3) is 0 Å². The predicted octanol–water partition coefficient (Wildman–Crippen LogP) is 3.17. The fraction of sp³-hybridized carbons (Fsp3) is 0.625. The van der Waals surface area contributed by atoms with Crippen LogP contribution >= 0.6 is 0 Å². The van der Waals surface area contributed by atoms with E-state index in [2.05, 4.69) is 4.90 Å². The second-order valence-corrected chi connectivity index (χ2v) is 4.66. The van der Waals surface area contributed by atoms with Crippen LogP contribution in [0, 0.1) is 0 Å². The van der Waals surface area contributed by atoms with E-state index < -0.39 is 0 Å². The highest BCUT2D eigenvalue weighted by molar-refractivity contribution is 5.51. The fourth-order valence-corrected chi connectivity index (χ4v) is 2.27. The number of methoxy groups -OCH3 is 1. The number of nitrogens with zero attached hydrogens (tertiary/aromatic N) is 1. The van der Waals surface area contributed by atoms with Crippen LogP contribution in [0.3, 0.4) is 0 Å². The molecule has 1 aliphatic heterocycles. The Hall–Kier alpha value is -1.42. The zero-order valence-corrected chi connectivity index (χ0v) is 13.0. The Balaban J connectivity index is 0.000000956. The summed E-state index contributed by atoms with van der Waals surface area (Å²) in [4.78, 5) is 2.45. The van der Waals surface area contributed by atoms with Gasteiger partial charge in [-0.3, -0.25) is 4.90 Å². The van der Waals surface area contributed by atoms with Gasteiger partial charge in [0.2, 0.25) is 0 Å². The number of piperidine rings is 1. The van der Waals surface area contributed by atoms with E-state index in [4.69, 9.17) is 15.2 Å². The van der Waals surface area contributed by atoms with E-state index in [1.54, 1.807) is 7.11 Å². The normalized spacial score (nSPS) is 15.2. The van der Waals surface area contributed by atoms with Crippen molar-refractivity contribution < 1.29 is 9.47 Å². The molecule has 2 N–H and O–H groups in total. The number of hydrogen-bond acceptors (Lipinski definition) is 4. The Morgan fingerprint density at radius 1 is 1.10 bits per heavy atom. The summed E-state index contributed by atoms with van der Waals surface area (Å²) in [6.07, 6.45) is 3.98. The third-order valence-corrected chi connectivity index (χ3v) is 3.30. The molecule has 0 saturated carbocycles. The zero-order chi connectivity index (χ0) is 14.8. The second kappa shape index (κ2) is 9.48. The van der Waals surface area contributed by atoms with Crippen molar-refractivity contribution in [2.75, 3.05) is 39.1 Å². The molecule has 0 unspecified atom stereocenters. The van der Waals surface area contributed by atoms with E-state index in [0.717, 1.165) is 18.0 Å². The van der Waals surface area contributed by atoms with Gasteiger partial charge in [0.1, 0.15) is 6.61 Å². The molecule has 0 bridgehead atoms. The van der Waals surface area contributed by atoms with Crippen LogP contribution in [-0.4, -0.2) is 38.3 Å². The van der Waals surface area contributed by atoms with Gasteiger partial charge < -0.3 is 15.2 Å². The smallest absolute Gasteiger partial charge is 0.163 e. The average molecular weight is 280 g/mol. The number of nitrogen functional groups attached to an aromatic ring is 1. The minimum Gasteiger partial charge on any atom is -0.493 e. The van der Waals surface area contributed by atoms with Gasteiger partial charge in [0, 0.05) is 18.3 Å². The van der Waals surface area contributed by atoms with E-state index in [1.165, 1.54) is 32.4 Å². The quantitative estimate of drug-likeness (QED) is 0.842. The molecule has 0 spiro atoms. The van der Waals surface area contributed by atoms with Crippen molar-refractivity contribution in [3.05, 3.63) is 18.2 Å². The molecule has 0 aliphatic carbocycles. The molecule has 114 valence electrons. The SMILES string of the molecule is CC.COc1ccc(N)cc1OCCN1CCCCC1. The summed E-state index contributed by atoms with van der Waals surface area (Å²) in [5, 5.41) is 0. The average Bonchev–Trinajstić information content (AvgIpc) is 2.51. The van der Waals surface area contributed by atoms with Crippen molar-refractivity contribution in [2.24, 2.45) is 0 Å². The molecule has 1 aliphatic rings. The maximum atomic E-state index is 5.76. The van der Waals surface area contributed by atoms with Crippen LogP contribution in [0.2, 0.25) is 0 Å². The van der Waals surface area contributed by atoms with Gasteiger partial charge in [0.15, 0.2) is 11.5 Å². The van der Waals surface area contributed by atoms with Crippen molar-refractivity contribution in [1.82, 2.24) is 4.90 Å². The number of rotatable bonds is 5. The van der Waals surface area contributed by atoms with Gasteiger partial charge in [-0.1, -0.05) is 20.3 Å². The number of ether oxygens (including phenoxy) is 2. The molecular weight excluding hydrogens is 252 g/mol. The lowest BCUT2D eigenvalue weighted by Gasteiger charge is -2.26. The highest BCUT2D eigenvalue weighted by atomic mass is 16.5. The summed E-state index contributed by atoms with van der Waals surface area (Å²) in [5.41, 5.74) is 6.45. The van der Waals surface area contributed by atoms with Crippen molar-refractivity contribution in [3.63, 3.8) is 0 Å². The van der Waals surface area contributed by atoms with Crippen LogP contribution in [0.4, 0.5) is 5.69 Å². The summed E-state index contributed by atoms with van der Waals surface area (Å²) in [7, 11) is 1.64. The Morgan fingerprint density at radius 2 is 1.80 bits per heavy atom. The van der Waals surface area contributed by atoms with Crippen molar-refractivity contribution in [3.8, 4) is 11.5 Å². The number of nitrogens with two attached hydrogens (primary N) is 1. The van der Waals surface area contributed by atoms with Gasteiger partial charge in [-0.15, -0.1) is 0 Å². The summed E-state index contributed by atoms with van der Waals surface area (Å²) < 4.78 is 11.0. The van der Waals surface area contributed by atoms with E-state index >= 15 is 0 Å². The third-order valence-electron chi connectivity index (χ3n) is 3.30. The van der Waals surface area contributed by atoms with Gasteiger partial charge in [-0.05, 0) is 38.1 Å². The molecule has 0 aromatic heterocycles. The first kappa shape index (κ1) is 16.6. The first-order valence-electron chi connectivity index (χ1n) is 7.58. The van der Waals surface area contributed by atoms with Crippen molar-refractivity contribution in [1.29, 1.82) is 0 Å². The molecule has 4 heteroatoms. The van der Waals surface area contributed by atoms with Crippen LogP contribution in [-0.2, 0) is 0 Å². The molecular formula is C16H28N2O2. The van der Waals surface area contributed by atoms with Crippen molar-refractivity contribution >= 4 is 5.69 Å². The van der Waals surface area contributed by atoms with Crippen molar-refractivity contribution in [2.45, 2.75) is 33.1 Å². The standard InChI is InChI=1S/C14H22N2O2.C2H6/c1-17-13-6-5-12(15)11-14(13)18-10-9-16-7-3-2-4-8-16;1-2/h5-6,11H,2-4,7-10,15H2,1H3;1-2H3. The van der Waals surface area contributed by atoms with E-state index in [-0.39, 0.29) is 0 Å². The monoisotopic (exact) mass is 280 g/mol. The number of benzene rings is 1. The zero-order valence-electron chi connectivity index (χ0n) is 13.0. The molecule has 1 aromatic rings. The first-order valence-corrected chi connectivity index (χ1v) is 7.58.